The van der Waals surface area contributed by atoms with Crippen molar-refractivity contribution in [2.24, 2.45) is 0 Å². The molecule has 1 rings (SSSR count). The van der Waals surface area contributed by atoms with E-state index in [4.69, 9.17) is 0 Å². The van der Waals surface area contributed by atoms with Crippen LogP contribution in [0.3, 0.4) is 0 Å². The summed E-state index contributed by atoms with van der Waals surface area (Å²) in [7, 11) is 0. The van der Waals surface area contributed by atoms with E-state index in [1.165, 1.54) is 0 Å². The SMILES string of the molecule is C=C/C=C1/CNC(=O)/C1=C/C.CC.CC. The highest BCUT2D eigenvalue weighted by molar-refractivity contribution is 6.01. The fraction of sp³-hybridized carbons (Fsp3) is 0.462. The Morgan fingerprint density at radius 1 is 1.27 bits per heavy atom. The van der Waals surface area contributed by atoms with Gasteiger partial charge in [-0.1, -0.05) is 52.5 Å². The van der Waals surface area contributed by atoms with Gasteiger partial charge in [-0.3, -0.25) is 4.79 Å². The molecule has 1 heterocycles. The maximum absolute atomic E-state index is 11.0. The molecule has 2 nitrogen and oxygen atoms in total. The Bertz CT molecular complexity index is 249. The van der Waals surface area contributed by atoms with Crippen LogP contribution in [0.25, 0.3) is 0 Å². The molecular weight excluding hydrogens is 186 g/mol. The molecule has 0 radical (unpaired) electrons. The lowest BCUT2D eigenvalue weighted by molar-refractivity contribution is -0.116. The molecular formula is C13H23NO. The van der Waals surface area contributed by atoms with Crippen molar-refractivity contribution in [3.63, 3.8) is 0 Å². The minimum atomic E-state index is 0.0144. The summed E-state index contributed by atoms with van der Waals surface area (Å²) in [6.07, 6.45) is 5.37. The highest BCUT2D eigenvalue weighted by Gasteiger charge is 2.19. The fourth-order valence-corrected chi connectivity index (χ4v) is 1.12. The highest BCUT2D eigenvalue weighted by atomic mass is 16.2. The van der Waals surface area contributed by atoms with Crippen molar-refractivity contribution in [1.82, 2.24) is 5.32 Å². The Labute approximate surface area is 93.8 Å². The van der Waals surface area contributed by atoms with E-state index in [1.54, 1.807) is 6.08 Å². The molecule has 0 saturated carbocycles. The average Bonchev–Trinajstić information content (AvgIpc) is 2.65. The normalized spacial score (nSPS) is 18.6. The van der Waals surface area contributed by atoms with Crippen LogP contribution in [-0.4, -0.2) is 12.5 Å². The Balaban J connectivity index is 0. The van der Waals surface area contributed by atoms with E-state index in [0.29, 0.717) is 6.54 Å². The van der Waals surface area contributed by atoms with Crippen LogP contribution in [0.4, 0.5) is 0 Å². The van der Waals surface area contributed by atoms with Crippen molar-refractivity contribution in [3.8, 4) is 0 Å². The van der Waals surface area contributed by atoms with Crippen molar-refractivity contribution in [3.05, 3.63) is 36.0 Å². The monoisotopic (exact) mass is 209 g/mol. The van der Waals surface area contributed by atoms with Gasteiger partial charge in [-0.05, 0) is 12.5 Å². The zero-order valence-corrected chi connectivity index (χ0v) is 10.6. The standard InChI is InChI=1S/C9H11NO.2C2H6/c1-3-5-7-6-10-9(11)8(7)4-2;2*1-2/h3-5H,1,6H2,2H3,(H,10,11);2*1-2H3/b7-5-,8-4+;;. The molecule has 0 atom stereocenters. The van der Waals surface area contributed by atoms with Gasteiger partial charge < -0.3 is 5.32 Å². The number of amides is 1. The summed E-state index contributed by atoms with van der Waals surface area (Å²) in [5.74, 6) is 0.0144. The van der Waals surface area contributed by atoms with Gasteiger partial charge in [0.05, 0.1) is 0 Å². The largest absolute Gasteiger partial charge is 0.348 e. The van der Waals surface area contributed by atoms with Gasteiger partial charge >= 0.3 is 0 Å². The molecule has 0 unspecified atom stereocenters. The Hall–Kier alpha value is -1.31. The molecule has 0 aliphatic carbocycles. The molecule has 1 fully saturated rings. The highest BCUT2D eigenvalue weighted by Crippen LogP contribution is 2.14. The van der Waals surface area contributed by atoms with Crippen molar-refractivity contribution in [1.29, 1.82) is 0 Å². The summed E-state index contributed by atoms with van der Waals surface area (Å²) in [6, 6.07) is 0. The molecule has 86 valence electrons. The molecule has 0 aromatic rings. The van der Waals surface area contributed by atoms with Crippen LogP contribution in [-0.2, 0) is 4.79 Å². The number of carbonyl (C=O) groups excluding carboxylic acids is 1. The predicted octanol–water partition coefficient (Wildman–Crippen LogP) is 3.23. The van der Waals surface area contributed by atoms with E-state index in [9.17, 15) is 4.79 Å². The second-order valence-corrected chi connectivity index (χ2v) is 2.31. The first kappa shape index (κ1) is 16.1. The zero-order valence-electron chi connectivity index (χ0n) is 10.6. The predicted molar refractivity (Wildman–Crippen MR) is 67.7 cm³/mol. The van der Waals surface area contributed by atoms with Crippen LogP contribution in [0.15, 0.2) is 36.0 Å². The molecule has 1 saturated heterocycles. The first-order chi connectivity index (χ1) is 7.29. The van der Waals surface area contributed by atoms with Crippen LogP contribution in [0.5, 0.6) is 0 Å². The van der Waals surface area contributed by atoms with Gasteiger partial charge in [-0.2, -0.15) is 0 Å². The van der Waals surface area contributed by atoms with E-state index in [-0.39, 0.29) is 5.91 Å². The lowest BCUT2D eigenvalue weighted by Crippen LogP contribution is -2.13. The lowest BCUT2D eigenvalue weighted by Gasteiger charge is -1.91. The number of hydrogen-bond donors (Lipinski definition) is 1. The first-order valence-electron chi connectivity index (χ1n) is 5.56. The third-order valence-corrected chi connectivity index (χ3v) is 1.64. The Morgan fingerprint density at radius 2 is 1.80 bits per heavy atom. The Morgan fingerprint density at radius 3 is 2.20 bits per heavy atom. The summed E-state index contributed by atoms with van der Waals surface area (Å²) >= 11 is 0. The first-order valence-corrected chi connectivity index (χ1v) is 5.56. The average molecular weight is 209 g/mol. The molecule has 0 spiro atoms. The van der Waals surface area contributed by atoms with Crippen LogP contribution in [0.2, 0.25) is 0 Å². The van der Waals surface area contributed by atoms with Crippen LogP contribution in [0, 0.1) is 0 Å². The number of nitrogens with one attached hydrogen (secondary N) is 1. The molecule has 0 aromatic carbocycles. The van der Waals surface area contributed by atoms with E-state index in [0.717, 1.165) is 11.1 Å². The minimum absolute atomic E-state index is 0.0144. The van der Waals surface area contributed by atoms with Crippen molar-refractivity contribution < 1.29 is 4.79 Å². The van der Waals surface area contributed by atoms with E-state index >= 15 is 0 Å². The van der Waals surface area contributed by atoms with Gasteiger partial charge in [0.25, 0.3) is 5.91 Å². The third-order valence-electron chi connectivity index (χ3n) is 1.64. The number of carbonyl (C=O) groups is 1. The Kier molecular flexibility index (Phi) is 11.6. The lowest BCUT2D eigenvalue weighted by atomic mass is 10.1. The van der Waals surface area contributed by atoms with Gasteiger partial charge in [0.15, 0.2) is 0 Å². The second kappa shape index (κ2) is 10.8. The maximum atomic E-state index is 11.0. The van der Waals surface area contributed by atoms with E-state index in [2.05, 4.69) is 11.9 Å². The summed E-state index contributed by atoms with van der Waals surface area (Å²) in [6.45, 7) is 14.1. The summed E-state index contributed by atoms with van der Waals surface area (Å²) in [4.78, 5) is 11.0. The van der Waals surface area contributed by atoms with Gasteiger partial charge in [0, 0.05) is 12.1 Å². The van der Waals surface area contributed by atoms with Gasteiger partial charge in [-0.25, -0.2) is 0 Å². The molecule has 1 N–H and O–H groups in total. The fourth-order valence-electron chi connectivity index (χ4n) is 1.12. The number of hydrogen-bond acceptors (Lipinski definition) is 1. The summed E-state index contributed by atoms with van der Waals surface area (Å²) < 4.78 is 0. The number of allylic oxidation sites excluding steroid dienone is 3. The van der Waals surface area contributed by atoms with Crippen molar-refractivity contribution in [2.45, 2.75) is 34.6 Å². The quantitative estimate of drug-likeness (QED) is 0.660. The van der Waals surface area contributed by atoms with Gasteiger partial charge in [0.2, 0.25) is 0 Å². The molecule has 0 aromatic heterocycles. The van der Waals surface area contributed by atoms with Crippen molar-refractivity contribution >= 4 is 5.91 Å². The topological polar surface area (TPSA) is 29.1 Å². The van der Waals surface area contributed by atoms with E-state index in [1.807, 2.05) is 46.8 Å². The summed E-state index contributed by atoms with van der Waals surface area (Å²) in [5.41, 5.74) is 1.79. The molecule has 15 heavy (non-hydrogen) atoms. The minimum Gasteiger partial charge on any atom is -0.348 e. The van der Waals surface area contributed by atoms with Crippen molar-refractivity contribution in [2.75, 3.05) is 6.54 Å². The molecule has 1 aliphatic rings. The smallest absolute Gasteiger partial charge is 0.251 e. The van der Waals surface area contributed by atoms with E-state index < -0.39 is 0 Å². The van der Waals surface area contributed by atoms with Crippen LogP contribution >= 0.6 is 0 Å². The van der Waals surface area contributed by atoms with Crippen LogP contribution in [0.1, 0.15) is 34.6 Å². The maximum Gasteiger partial charge on any atom is 0.251 e. The molecule has 2 heteroatoms. The van der Waals surface area contributed by atoms with Gasteiger partial charge in [-0.15, -0.1) is 0 Å². The number of rotatable bonds is 1. The second-order valence-electron chi connectivity index (χ2n) is 2.31. The third kappa shape index (κ3) is 5.21. The van der Waals surface area contributed by atoms with Crippen LogP contribution < -0.4 is 5.32 Å². The zero-order chi connectivity index (χ0) is 12.3. The molecule has 1 amide bonds. The molecule has 1 aliphatic heterocycles. The summed E-state index contributed by atoms with van der Waals surface area (Å²) in [5, 5.41) is 2.73. The molecule has 0 bridgehead atoms. The van der Waals surface area contributed by atoms with Gasteiger partial charge in [0.1, 0.15) is 0 Å².